The average Bonchev–Trinajstić information content (AvgIpc) is 2.37. The van der Waals surface area contributed by atoms with Crippen LogP contribution in [0.25, 0.3) is 0 Å². The van der Waals surface area contributed by atoms with Gasteiger partial charge in [-0.15, -0.1) is 0 Å². The van der Waals surface area contributed by atoms with Gasteiger partial charge in [-0.25, -0.2) is 0 Å². The SMILES string of the molecule is CCNc1nc(OCC)nc(N(C)CC2CC(O)C2)n1. The molecule has 0 spiro atoms. The molecular formula is C13H23N5O2. The summed E-state index contributed by atoms with van der Waals surface area (Å²) >= 11 is 0. The molecule has 1 aromatic rings. The molecule has 1 aliphatic rings. The predicted octanol–water partition coefficient (Wildman–Crippen LogP) is 0.909. The minimum atomic E-state index is -0.136. The van der Waals surface area contributed by atoms with E-state index in [1.54, 1.807) is 0 Å². The number of aromatic nitrogens is 3. The van der Waals surface area contributed by atoms with Gasteiger partial charge in [0.25, 0.3) is 0 Å². The fourth-order valence-corrected chi connectivity index (χ4v) is 2.27. The van der Waals surface area contributed by atoms with Crippen LogP contribution in [-0.4, -0.2) is 52.9 Å². The predicted molar refractivity (Wildman–Crippen MR) is 77.2 cm³/mol. The Morgan fingerprint density at radius 2 is 2.05 bits per heavy atom. The maximum atomic E-state index is 9.34. The van der Waals surface area contributed by atoms with Crippen molar-refractivity contribution in [1.82, 2.24) is 15.0 Å². The van der Waals surface area contributed by atoms with E-state index in [1.165, 1.54) is 0 Å². The molecule has 1 aromatic heterocycles. The first-order chi connectivity index (χ1) is 9.62. The Morgan fingerprint density at radius 3 is 2.65 bits per heavy atom. The molecule has 0 amide bonds. The summed E-state index contributed by atoms with van der Waals surface area (Å²) in [6.45, 7) is 5.98. The van der Waals surface area contributed by atoms with Crippen molar-refractivity contribution < 1.29 is 9.84 Å². The van der Waals surface area contributed by atoms with Crippen molar-refractivity contribution in [2.45, 2.75) is 32.8 Å². The van der Waals surface area contributed by atoms with E-state index >= 15 is 0 Å². The number of nitrogens with one attached hydrogen (secondary N) is 1. The third-order valence-corrected chi connectivity index (χ3v) is 3.30. The second kappa shape index (κ2) is 6.69. The van der Waals surface area contributed by atoms with Crippen LogP contribution in [0.15, 0.2) is 0 Å². The van der Waals surface area contributed by atoms with Crippen LogP contribution < -0.4 is 15.0 Å². The molecule has 20 heavy (non-hydrogen) atoms. The van der Waals surface area contributed by atoms with E-state index in [2.05, 4.69) is 20.3 Å². The lowest BCUT2D eigenvalue weighted by atomic mass is 9.82. The third-order valence-electron chi connectivity index (χ3n) is 3.30. The minimum absolute atomic E-state index is 0.136. The smallest absolute Gasteiger partial charge is 0.323 e. The fraction of sp³-hybridized carbons (Fsp3) is 0.769. The lowest BCUT2D eigenvalue weighted by Gasteiger charge is -2.34. The van der Waals surface area contributed by atoms with Crippen molar-refractivity contribution in [3.8, 4) is 6.01 Å². The monoisotopic (exact) mass is 281 g/mol. The lowest BCUT2D eigenvalue weighted by Crippen LogP contribution is -2.37. The lowest BCUT2D eigenvalue weighted by molar-refractivity contribution is 0.0463. The van der Waals surface area contributed by atoms with Crippen molar-refractivity contribution >= 4 is 11.9 Å². The molecule has 1 saturated carbocycles. The molecular weight excluding hydrogens is 258 g/mol. The molecule has 0 radical (unpaired) electrons. The van der Waals surface area contributed by atoms with Gasteiger partial charge in [-0.1, -0.05) is 0 Å². The first-order valence-electron chi connectivity index (χ1n) is 7.14. The van der Waals surface area contributed by atoms with Crippen LogP contribution in [0.5, 0.6) is 6.01 Å². The molecule has 0 bridgehead atoms. The highest BCUT2D eigenvalue weighted by Crippen LogP contribution is 2.28. The molecule has 1 heterocycles. The van der Waals surface area contributed by atoms with E-state index in [4.69, 9.17) is 4.74 Å². The van der Waals surface area contributed by atoms with Crippen LogP contribution in [0.4, 0.5) is 11.9 Å². The standard InChI is InChI=1S/C13H23N5O2/c1-4-14-11-15-12(17-13(16-11)20-5-2)18(3)8-9-6-10(19)7-9/h9-10,19H,4-8H2,1-3H3,(H,14,15,16,17). The van der Waals surface area contributed by atoms with Gasteiger partial charge < -0.3 is 20.1 Å². The van der Waals surface area contributed by atoms with Gasteiger partial charge in [0, 0.05) is 20.1 Å². The van der Waals surface area contributed by atoms with Crippen LogP contribution in [0.2, 0.25) is 0 Å². The van der Waals surface area contributed by atoms with Gasteiger partial charge in [0.15, 0.2) is 0 Å². The topological polar surface area (TPSA) is 83.4 Å². The van der Waals surface area contributed by atoms with Gasteiger partial charge in [-0.05, 0) is 32.6 Å². The molecule has 2 rings (SSSR count). The summed E-state index contributed by atoms with van der Waals surface area (Å²) in [5, 5.41) is 12.4. The van der Waals surface area contributed by atoms with Crippen molar-refractivity contribution in [2.75, 3.05) is 37.0 Å². The maximum Gasteiger partial charge on any atom is 0.323 e. The number of hydrogen-bond acceptors (Lipinski definition) is 7. The Labute approximate surface area is 119 Å². The summed E-state index contributed by atoms with van der Waals surface area (Å²) in [6, 6.07) is 0.342. The number of anilines is 2. The molecule has 0 aromatic carbocycles. The number of ether oxygens (including phenoxy) is 1. The number of rotatable bonds is 7. The van der Waals surface area contributed by atoms with E-state index in [0.29, 0.717) is 30.4 Å². The Hall–Kier alpha value is -1.63. The van der Waals surface area contributed by atoms with E-state index in [0.717, 1.165) is 25.9 Å². The Bertz CT molecular complexity index is 413. The highest BCUT2D eigenvalue weighted by Gasteiger charge is 2.28. The van der Waals surface area contributed by atoms with E-state index in [9.17, 15) is 5.11 Å². The number of aliphatic hydroxyl groups excluding tert-OH is 1. The van der Waals surface area contributed by atoms with Crippen LogP contribution >= 0.6 is 0 Å². The Morgan fingerprint density at radius 1 is 1.30 bits per heavy atom. The number of nitrogens with zero attached hydrogens (tertiary/aromatic N) is 4. The van der Waals surface area contributed by atoms with Crippen molar-refractivity contribution in [3.63, 3.8) is 0 Å². The Balaban J connectivity index is 2.07. The molecule has 0 aliphatic heterocycles. The summed E-state index contributed by atoms with van der Waals surface area (Å²) in [5.41, 5.74) is 0. The largest absolute Gasteiger partial charge is 0.464 e. The summed E-state index contributed by atoms with van der Waals surface area (Å²) in [4.78, 5) is 14.9. The zero-order chi connectivity index (χ0) is 14.5. The molecule has 112 valence electrons. The highest BCUT2D eigenvalue weighted by molar-refractivity contribution is 5.37. The summed E-state index contributed by atoms with van der Waals surface area (Å²) in [5.74, 6) is 1.63. The van der Waals surface area contributed by atoms with E-state index in [1.807, 2.05) is 25.8 Å². The molecule has 1 aliphatic carbocycles. The second-order valence-corrected chi connectivity index (χ2v) is 5.08. The molecule has 7 nitrogen and oxygen atoms in total. The van der Waals surface area contributed by atoms with Crippen LogP contribution in [0.1, 0.15) is 26.7 Å². The highest BCUT2D eigenvalue weighted by atomic mass is 16.5. The number of aliphatic hydroxyl groups is 1. The van der Waals surface area contributed by atoms with E-state index in [-0.39, 0.29) is 6.10 Å². The summed E-state index contributed by atoms with van der Waals surface area (Å²) < 4.78 is 5.38. The third kappa shape index (κ3) is 3.69. The van der Waals surface area contributed by atoms with Crippen molar-refractivity contribution in [3.05, 3.63) is 0 Å². The zero-order valence-electron chi connectivity index (χ0n) is 12.3. The molecule has 2 N–H and O–H groups in total. The molecule has 7 heteroatoms. The zero-order valence-corrected chi connectivity index (χ0v) is 12.3. The van der Waals surface area contributed by atoms with Gasteiger partial charge in [0.2, 0.25) is 11.9 Å². The molecule has 0 unspecified atom stereocenters. The van der Waals surface area contributed by atoms with Crippen LogP contribution in [0, 0.1) is 5.92 Å². The van der Waals surface area contributed by atoms with Gasteiger partial charge in [0.05, 0.1) is 12.7 Å². The number of hydrogen-bond donors (Lipinski definition) is 2. The quantitative estimate of drug-likeness (QED) is 0.768. The van der Waals surface area contributed by atoms with Crippen molar-refractivity contribution in [1.29, 1.82) is 0 Å². The normalized spacial score (nSPS) is 21.2. The van der Waals surface area contributed by atoms with Crippen LogP contribution in [-0.2, 0) is 0 Å². The molecule has 0 atom stereocenters. The van der Waals surface area contributed by atoms with Gasteiger partial charge in [-0.3, -0.25) is 0 Å². The summed E-state index contributed by atoms with van der Waals surface area (Å²) in [6.07, 6.45) is 1.57. The fourth-order valence-electron chi connectivity index (χ4n) is 2.27. The maximum absolute atomic E-state index is 9.34. The molecule has 0 saturated heterocycles. The Kier molecular flexibility index (Phi) is 4.94. The van der Waals surface area contributed by atoms with Crippen LogP contribution in [0.3, 0.4) is 0 Å². The van der Waals surface area contributed by atoms with E-state index < -0.39 is 0 Å². The first kappa shape index (κ1) is 14.8. The summed E-state index contributed by atoms with van der Waals surface area (Å²) in [7, 11) is 1.95. The second-order valence-electron chi connectivity index (χ2n) is 5.08. The van der Waals surface area contributed by atoms with Crippen molar-refractivity contribution in [2.24, 2.45) is 5.92 Å². The first-order valence-corrected chi connectivity index (χ1v) is 7.14. The van der Waals surface area contributed by atoms with Gasteiger partial charge in [-0.2, -0.15) is 15.0 Å². The molecule has 1 fully saturated rings. The minimum Gasteiger partial charge on any atom is -0.464 e. The van der Waals surface area contributed by atoms with Gasteiger partial charge in [0.1, 0.15) is 0 Å². The average molecular weight is 281 g/mol. The van der Waals surface area contributed by atoms with Gasteiger partial charge >= 0.3 is 6.01 Å².